The predicted molar refractivity (Wildman–Crippen MR) is 69.0 cm³/mol. The molecular weight excluding hydrogens is 252 g/mol. The molecule has 0 atom stereocenters. The van der Waals surface area contributed by atoms with Crippen molar-refractivity contribution in [3.63, 3.8) is 0 Å². The molecule has 5 heteroatoms. The molecule has 0 radical (unpaired) electrons. The molecule has 0 aliphatic rings. The molecule has 0 bridgehead atoms. The molecule has 96 valence electrons. The quantitative estimate of drug-likeness (QED) is 0.780. The number of rotatable bonds is 5. The highest BCUT2D eigenvalue weighted by Crippen LogP contribution is 2.21. The third-order valence-electron chi connectivity index (χ3n) is 2.68. The number of carbonyl (C=O) groups excluding carboxylic acids is 1. The lowest BCUT2D eigenvalue weighted by Gasteiger charge is -2.04. The minimum absolute atomic E-state index is 0.217. The van der Waals surface area contributed by atoms with Crippen molar-refractivity contribution in [3.05, 3.63) is 40.6 Å². The first kappa shape index (κ1) is 12.9. The molecule has 0 spiro atoms. The van der Waals surface area contributed by atoms with Crippen LogP contribution in [-0.4, -0.2) is 15.6 Å². The van der Waals surface area contributed by atoms with Crippen LogP contribution in [0.1, 0.15) is 42.3 Å². The first-order valence-electron chi connectivity index (χ1n) is 6.02. The Morgan fingerprint density at radius 2 is 2.22 bits per heavy atom. The number of hydrogen-bond donors (Lipinski definition) is 0. The zero-order valence-electron chi connectivity index (χ0n) is 10.4. The number of aromatic nitrogens is 2. The third-order valence-corrected chi connectivity index (χ3v) is 2.96. The molecule has 0 aliphatic heterocycles. The molecular formula is C13H15ClN2O2. The van der Waals surface area contributed by atoms with Crippen molar-refractivity contribution < 1.29 is 9.21 Å². The maximum absolute atomic E-state index is 12.3. The fourth-order valence-corrected chi connectivity index (χ4v) is 2.00. The van der Waals surface area contributed by atoms with Gasteiger partial charge in [-0.3, -0.25) is 9.48 Å². The van der Waals surface area contributed by atoms with Crippen LogP contribution in [0.5, 0.6) is 0 Å². The Morgan fingerprint density at radius 1 is 1.44 bits per heavy atom. The minimum Gasteiger partial charge on any atom is -0.458 e. The lowest BCUT2D eigenvalue weighted by atomic mass is 10.2. The van der Waals surface area contributed by atoms with Crippen LogP contribution < -0.4 is 0 Å². The van der Waals surface area contributed by atoms with Gasteiger partial charge >= 0.3 is 0 Å². The average molecular weight is 267 g/mol. The van der Waals surface area contributed by atoms with Gasteiger partial charge in [0.15, 0.2) is 5.76 Å². The van der Waals surface area contributed by atoms with E-state index in [4.69, 9.17) is 16.0 Å². The van der Waals surface area contributed by atoms with Crippen LogP contribution in [-0.2, 0) is 13.0 Å². The van der Waals surface area contributed by atoms with Crippen molar-refractivity contribution in [2.24, 2.45) is 0 Å². The summed E-state index contributed by atoms with van der Waals surface area (Å²) in [4.78, 5) is 12.3. The standard InChI is InChI=1S/C13H15ClN2O2/c1-3-7-16-12(10(14)8-15-16)13(17)11-6-5-9(4-2)18-11/h5-6,8H,3-4,7H2,1-2H3. The van der Waals surface area contributed by atoms with Crippen molar-refractivity contribution in [2.45, 2.75) is 33.2 Å². The summed E-state index contributed by atoms with van der Waals surface area (Å²) in [6.07, 6.45) is 3.14. The molecule has 0 saturated carbocycles. The first-order chi connectivity index (χ1) is 8.67. The lowest BCUT2D eigenvalue weighted by molar-refractivity contribution is 0.0997. The number of halogens is 1. The smallest absolute Gasteiger partial charge is 0.247 e. The number of aryl methyl sites for hydroxylation is 2. The van der Waals surface area contributed by atoms with E-state index in [0.717, 1.165) is 18.6 Å². The molecule has 2 aromatic heterocycles. The van der Waals surface area contributed by atoms with Gasteiger partial charge in [-0.2, -0.15) is 5.10 Å². The fraction of sp³-hybridized carbons (Fsp3) is 0.385. The molecule has 2 aromatic rings. The van der Waals surface area contributed by atoms with Crippen LogP contribution in [0.2, 0.25) is 5.02 Å². The van der Waals surface area contributed by atoms with Gasteiger partial charge in [0.1, 0.15) is 11.5 Å². The van der Waals surface area contributed by atoms with Gasteiger partial charge in [0, 0.05) is 13.0 Å². The molecule has 0 saturated heterocycles. The Morgan fingerprint density at radius 3 is 2.83 bits per heavy atom. The molecule has 0 amide bonds. The van der Waals surface area contributed by atoms with Crippen LogP contribution in [0, 0.1) is 0 Å². The Bertz CT molecular complexity index is 557. The van der Waals surface area contributed by atoms with Crippen molar-refractivity contribution in [3.8, 4) is 0 Å². The summed E-state index contributed by atoms with van der Waals surface area (Å²) in [5.74, 6) is 0.883. The van der Waals surface area contributed by atoms with Crippen molar-refractivity contribution >= 4 is 17.4 Å². The number of carbonyl (C=O) groups is 1. The van der Waals surface area contributed by atoms with E-state index in [9.17, 15) is 4.79 Å². The Balaban J connectivity index is 2.35. The van der Waals surface area contributed by atoms with Crippen LogP contribution >= 0.6 is 11.6 Å². The summed E-state index contributed by atoms with van der Waals surface area (Å²) in [6.45, 7) is 4.66. The van der Waals surface area contributed by atoms with Crippen molar-refractivity contribution in [1.82, 2.24) is 9.78 Å². The summed E-state index contributed by atoms with van der Waals surface area (Å²) in [7, 11) is 0. The largest absolute Gasteiger partial charge is 0.458 e. The highest BCUT2D eigenvalue weighted by molar-refractivity contribution is 6.34. The number of hydrogen-bond acceptors (Lipinski definition) is 3. The molecule has 0 aliphatic carbocycles. The van der Waals surface area contributed by atoms with E-state index in [-0.39, 0.29) is 5.78 Å². The van der Waals surface area contributed by atoms with E-state index in [1.165, 1.54) is 6.20 Å². The van der Waals surface area contributed by atoms with Gasteiger partial charge < -0.3 is 4.42 Å². The van der Waals surface area contributed by atoms with Gasteiger partial charge in [-0.25, -0.2) is 0 Å². The lowest BCUT2D eigenvalue weighted by Crippen LogP contribution is -2.11. The zero-order valence-corrected chi connectivity index (χ0v) is 11.2. The van der Waals surface area contributed by atoms with Gasteiger partial charge in [-0.1, -0.05) is 25.4 Å². The van der Waals surface area contributed by atoms with Gasteiger partial charge in [0.25, 0.3) is 0 Å². The van der Waals surface area contributed by atoms with Gasteiger partial charge in [0.05, 0.1) is 11.2 Å². The molecule has 4 nitrogen and oxygen atoms in total. The SMILES string of the molecule is CCCn1ncc(Cl)c1C(=O)c1ccc(CC)o1. The normalized spacial score (nSPS) is 10.8. The summed E-state index contributed by atoms with van der Waals surface area (Å²) in [6, 6.07) is 3.49. The predicted octanol–water partition coefficient (Wildman–Crippen LogP) is 3.33. The van der Waals surface area contributed by atoms with E-state index in [1.54, 1.807) is 10.7 Å². The second-order valence-electron chi connectivity index (χ2n) is 4.01. The molecule has 2 rings (SSSR count). The molecule has 18 heavy (non-hydrogen) atoms. The highest BCUT2D eigenvalue weighted by atomic mass is 35.5. The molecule has 0 unspecified atom stereocenters. The molecule has 0 N–H and O–H groups in total. The number of nitrogens with zero attached hydrogens (tertiary/aromatic N) is 2. The monoisotopic (exact) mass is 266 g/mol. The first-order valence-corrected chi connectivity index (χ1v) is 6.39. The van der Waals surface area contributed by atoms with Crippen molar-refractivity contribution in [2.75, 3.05) is 0 Å². The second kappa shape index (κ2) is 5.40. The zero-order chi connectivity index (χ0) is 13.1. The summed E-state index contributed by atoms with van der Waals surface area (Å²) < 4.78 is 7.08. The van der Waals surface area contributed by atoms with Gasteiger partial charge in [0.2, 0.25) is 5.78 Å². The van der Waals surface area contributed by atoms with E-state index in [1.807, 2.05) is 19.9 Å². The maximum Gasteiger partial charge on any atom is 0.247 e. The third kappa shape index (κ3) is 2.34. The molecule has 2 heterocycles. The maximum atomic E-state index is 12.3. The summed E-state index contributed by atoms with van der Waals surface area (Å²) >= 11 is 6.02. The van der Waals surface area contributed by atoms with E-state index in [0.29, 0.717) is 23.0 Å². The van der Waals surface area contributed by atoms with E-state index < -0.39 is 0 Å². The molecule has 0 aromatic carbocycles. The van der Waals surface area contributed by atoms with E-state index in [2.05, 4.69) is 5.10 Å². The van der Waals surface area contributed by atoms with Crippen LogP contribution in [0.25, 0.3) is 0 Å². The second-order valence-corrected chi connectivity index (χ2v) is 4.42. The minimum atomic E-state index is -0.217. The highest BCUT2D eigenvalue weighted by Gasteiger charge is 2.21. The topological polar surface area (TPSA) is 48.0 Å². The van der Waals surface area contributed by atoms with Crippen LogP contribution in [0.15, 0.2) is 22.7 Å². The van der Waals surface area contributed by atoms with Gasteiger partial charge in [-0.05, 0) is 18.6 Å². The Hall–Kier alpha value is -1.55. The molecule has 0 fully saturated rings. The van der Waals surface area contributed by atoms with Crippen LogP contribution in [0.4, 0.5) is 0 Å². The average Bonchev–Trinajstić information content (AvgIpc) is 2.96. The van der Waals surface area contributed by atoms with Crippen molar-refractivity contribution in [1.29, 1.82) is 0 Å². The van der Waals surface area contributed by atoms with Gasteiger partial charge in [-0.15, -0.1) is 0 Å². The Labute approximate surface area is 111 Å². The Kier molecular flexibility index (Phi) is 3.87. The number of ketones is 1. The summed E-state index contributed by atoms with van der Waals surface area (Å²) in [5.41, 5.74) is 0.399. The number of furan rings is 1. The van der Waals surface area contributed by atoms with E-state index >= 15 is 0 Å². The van der Waals surface area contributed by atoms with Crippen LogP contribution in [0.3, 0.4) is 0 Å². The fourth-order valence-electron chi connectivity index (χ4n) is 1.78. The summed E-state index contributed by atoms with van der Waals surface area (Å²) in [5, 5.41) is 4.47.